The van der Waals surface area contributed by atoms with Crippen molar-refractivity contribution >= 4 is 0 Å². The van der Waals surface area contributed by atoms with Crippen molar-refractivity contribution in [2.45, 2.75) is 43.9 Å². The van der Waals surface area contributed by atoms with E-state index >= 15 is 0 Å². The molecule has 0 N–H and O–H groups in total. The molecular weight excluding hydrogens is 282 g/mol. The van der Waals surface area contributed by atoms with Gasteiger partial charge in [0.2, 0.25) is 0 Å². The molecule has 3 atom stereocenters. The fourth-order valence-corrected chi connectivity index (χ4v) is 4.10. The number of fused-ring (bicyclic) bond motifs is 1. The van der Waals surface area contributed by atoms with Crippen LogP contribution in [0.4, 0.5) is 0 Å². The van der Waals surface area contributed by atoms with Crippen LogP contribution in [0.15, 0.2) is 54.6 Å². The molecule has 0 spiro atoms. The smallest absolute Gasteiger partial charge is 0.0956 e. The maximum atomic E-state index is 6.45. The Hall–Kier alpha value is -1.64. The highest BCUT2D eigenvalue weighted by Crippen LogP contribution is 2.35. The van der Waals surface area contributed by atoms with Gasteiger partial charge in [0.1, 0.15) is 0 Å². The molecule has 2 aliphatic rings. The van der Waals surface area contributed by atoms with Gasteiger partial charge in [-0.1, -0.05) is 67.4 Å². The van der Waals surface area contributed by atoms with Crippen LogP contribution in [0.5, 0.6) is 0 Å². The molecule has 1 aliphatic heterocycles. The number of hydrogen-bond acceptors (Lipinski definition) is 2. The van der Waals surface area contributed by atoms with E-state index in [9.17, 15) is 0 Å². The minimum atomic E-state index is 0.212. The van der Waals surface area contributed by atoms with Gasteiger partial charge in [-0.05, 0) is 36.6 Å². The van der Waals surface area contributed by atoms with Gasteiger partial charge < -0.3 is 4.74 Å². The molecule has 2 aromatic rings. The average Bonchev–Trinajstić information content (AvgIpc) is 2.63. The lowest BCUT2D eigenvalue weighted by Gasteiger charge is -2.45. The summed E-state index contributed by atoms with van der Waals surface area (Å²) in [6.45, 7) is 1.01. The van der Waals surface area contributed by atoms with Crippen molar-refractivity contribution in [2.24, 2.45) is 0 Å². The summed E-state index contributed by atoms with van der Waals surface area (Å²) in [7, 11) is 2.26. The molecule has 0 radical (unpaired) electrons. The molecule has 4 rings (SSSR count). The van der Waals surface area contributed by atoms with E-state index in [1.54, 1.807) is 0 Å². The van der Waals surface area contributed by atoms with Crippen LogP contribution in [0.3, 0.4) is 0 Å². The Bertz CT molecular complexity index is 637. The van der Waals surface area contributed by atoms with Crippen molar-refractivity contribution in [3.8, 4) is 11.1 Å². The van der Waals surface area contributed by atoms with Crippen molar-refractivity contribution in [3.05, 3.63) is 60.2 Å². The number of nitrogens with zero attached hydrogens (tertiary/aromatic N) is 1. The number of ether oxygens (including phenoxy) is 1. The Morgan fingerprint density at radius 1 is 0.870 bits per heavy atom. The fourth-order valence-electron chi connectivity index (χ4n) is 4.10. The highest BCUT2D eigenvalue weighted by molar-refractivity contribution is 5.63. The quantitative estimate of drug-likeness (QED) is 0.799. The highest BCUT2D eigenvalue weighted by Gasteiger charge is 2.36. The summed E-state index contributed by atoms with van der Waals surface area (Å²) in [6, 6.07) is 20.1. The summed E-state index contributed by atoms with van der Waals surface area (Å²) in [4.78, 5) is 2.52. The molecule has 0 aromatic heterocycles. The molecule has 2 aromatic carbocycles. The van der Waals surface area contributed by atoms with E-state index in [-0.39, 0.29) is 6.10 Å². The van der Waals surface area contributed by atoms with Crippen LogP contribution in [0.2, 0.25) is 0 Å². The molecule has 3 unspecified atom stereocenters. The van der Waals surface area contributed by atoms with Gasteiger partial charge in [-0.3, -0.25) is 4.90 Å². The summed E-state index contributed by atoms with van der Waals surface area (Å²) in [5, 5.41) is 0. The lowest BCUT2D eigenvalue weighted by atomic mass is 9.89. The lowest BCUT2D eigenvalue weighted by molar-refractivity contribution is -0.128. The Morgan fingerprint density at radius 3 is 2.35 bits per heavy atom. The van der Waals surface area contributed by atoms with Crippen LogP contribution in [0.25, 0.3) is 11.1 Å². The van der Waals surface area contributed by atoms with Gasteiger partial charge in [0.15, 0.2) is 0 Å². The van der Waals surface area contributed by atoms with Gasteiger partial charge in [-0.15, -0.1) is 0 Å². The Labute approximate surface area is 139 Å². The standard InChI is InChI=1S/C21H25NO/c1-22-15-21(23-20-10-6-5-9-19(20)22)18-13-11-17(12-14-18)16-7-3-2-4-8-16/h2-4,7-8,11-14,19-21H,5-6,9-10,15H2,1H3. The first kappa shape index (κ1) is 14.9. The van der Waals surface area contributed by atoms with E-state index < -0.39 is 0 Å². The maximum absolute atomic E-state index is 6.45. The molecule has 2 nitrogen and oxygen atoms in total. The van der Waals surface area contributed by atoms with E-state index in [0.29, 0.717) is 12.1 Å². The number of hydrogen-bond donors (Lipinski definition) is 0. The van der Waals surface area contributed by atoms with Crippen molar-refractivity contribution in [1.29, 1.82) is 0 Å². The van der Waals surface area contributed by atoms with E-state index in [2.05, 4.69) is 66.5 Å². The summed E-state index contributed by atoms with van der Waals surface area (Å²) in [5.74, 6) is 0. The topological polar surface area (TPSA) is 12.5 Å². The number of rotatable bonds is 2. The third-order valence-electron chi connectivity index (χ3n) is 5.42. The largest absolute Gasteiger partial charge is 0.367 e. The molecule has 0 bridgehead atoms. The van der Waals surface area contributed by atoms with Crippen LogP contribution >= 0.6 is 0 Å². The summed E-state index contributed by atoms with van der Waals surface area (Å²) < 4.78 is 6.45. The summed E-state index contributed by atoms with van der Waals surface area (Å²) in [5.41, 5.74) is 3.85. The molecule has 120 valence electrons. The van der Waals surface area contributed by atoms with Crippen LogP contribution < -0.4 is 0 Å². The number of likely N-dealkylation sites (N-methyl/N-ethyl adjacent to an activating group) is 1. The molecule has 1 heterocycles. The molecule has 1 saturated heterocycles. The minimum absolute atomic E-state index is 0.212. The zero-order valence-electron chi connectivity index (χ0n) is 13.8. The fraction of sp³-hybridized carbons (Fsp3) is 0.429. The van der Waals surface area contributed by atoms with Gasteiger partial charge in [-0.2, -0.15) is 0 Å². The Morgan fingerprint density at radius 2 is 1.57 bits per heavy atom. The maximum Gasteiger partial charge on any atom is 0.0956 e. The predicted molar refractivity (Wildman–Crippen MR) is 94.4 cm³/mol. The lowest BCUT2D eigenvalue weighted by Crippen LogP contribution is -2.51. The number of benzene rings is 2. The van der Waals surface area contributed by atoms with Gasteiger partial charge in [0, 0.05) is 12.6 Å². The van der Waals surface area contributed by atoms with E-state index in [1.807, 2.05) is 0 Å². The first-order valence-electron chi connectivity index (χ1n) is 8.82. The SMILES string of the molecule is CN1CC(c2ccc(-c3ccccc3)cc2)OC2CCCCC21. The van der Waals surface area contributed by atoms with E-state index in [1.165, 1.54) is 42.4 Å². The second-order valence-corrected chi connectivity index (χ2v) is 6.94. The third-order valence-corrected chi connectivity index (χ3v) is 5.42. The van der Waals surface area contributed by atoms with Crippen LogP contribution in [0.1, 0.15) is 37.4 Å². The molecule has 1 aliphatic carbocycles. The van der Waals surface area contributed by atoms with E-state index in [0.717, 1.165) is 6.54 Å². The van der Waals surface area contributed by atoms with Gasteiger partial charge >= 0.3 is 0 Å². The minimum Gasteiger partial charge on any atom is -0.367 e. The first-order valence-corrected chi connectivity index (χ1v) is 8.82. The molecule has 23 heavy (non-hydrogen) atoms. The zero-order chi connectivity index (χ0) is 15.6. The first-order chi connectivity index (χ1) is 11.3. The highest BCUT2D eigenvalue weighted by atomic mass is 16.5. The van der Waals surface area contributed by atoms with Gasteiger partial charge in [-0.25, -0.2) is 0 Å². The second-order valence-electron chi connectivity index (χ2n) is 6.94. The molecule has 1 saturated carbocycles. The second kappa shape index (κ2) is 6.46. The normalized spacial score (nSPS) is 28.3. The van der Waals surface area contributed by atoms with Crippen molar-refractivity contribution < 1.29 is 4.74 Å². The Balaban J connectivity index is 1.52. The van der Waals surface area contributed by atoms with Crippen LogP contribution in [0, 0.1) is 0 Å². The summed E-state index contributed by atoms with van der Waals surface area (Å²) in [6.07, 6.45) is 5.81. The third kappa shape index (κ3) is 3.06. The van der Waals surface area contributed by atoms with Crippen molar-refractivity contribution in [3.63, 3.8) is 0 Å². The van der Waals surface area contributed by atoms with Crippen molar-refractivity contribution in [1.82, 2.24) is 4.90 Å². The predicted octanol–water partition coefficient (Wildman–Crippen LogP) is 4.67. The molecular formula is C21H25NO. The average molecular weight is 307 g/mol. The van der Waals surface area contributed by atoms with Gasteiger partial charge in [0.05, 0.1) is 12.2 Å². The van der Waals surface area contributed by atoms with E-state index in [4.69, 9.17) is 4.74 Å². The van der Waals surface area contributed by atoms with Crippen LogP contribution in [-0.4, -0.2) is 30.6 Å². The number of morpholine rings is 1. The van der Waals surface area contributed by atoms with Crippen molar-refractivity contribution in [2.75, 3.05) is 13.6 Å². The zero-order valence-corrected chi connectivity index (χ0v) is 13.8. The molecule has 2 fully saturated rings. The van der Waals surface area contributed by atoms with Crippen LogP contribution in [-0.2, 0) is 4.74 Å². The molecule has 2 heteroatoms. The monoisotopic (exact) mass is 307 g/mol. The summed E-state index contributed by atoms with van der Waals surface area (Å²) >= 11 is 0. The van der Waals surface area contributed by atoms with Gasteiger partial charge in [0.25, 0.3) is 0 Å². The molecule has 0 amide bonds. The Kier molecular flexibility index (Phi) is 4.19.